The second kappa shape index (κ2) is 6.89. The fourth-order valence-electron chi connectivity index (χ4n) is 4.17. The van der Waals surface area contributed by atoms with E-state index < -0.39 is 11.2 Å². The summed E-state index contributed by atoms with van der Waals surface area (Å²) >= 11 is 0. The number of H-pyrrole nitrogens is 1. The molecule has 1 aliphatic rings. The maximum absolute atomic E-state index is 12.8. The van der Waals surface area contributed by atoms with Gasteiger partial charge in [-0.1, -0.05) is 42.5 Å². The Morgan fingerprint density at radius 3 is 2.66 bits per heavy atom. The number of hydrogen-bond acceptors (Lipinski definition) is 4. The van der Waals surface area contributed by atoms with Gasteiger partial charge in [-0.25, -0.2) is 4.79 Å². The molecule has 0 aliphatic carbocycles. The minimum absolute atomic E-state index is 0.398. The predicted molar refractivity (Wildman–Crippen MR) is 113 cm³/mol. The maximum Gasteiger partial charge on any atom is 0.329 e. The van der Waals surface area contributed by atoms with E-state index in [0.29, 0.717) is 17.7 Å². The van der Waals surface area contributed by atoms with Gasteiger partial charge < -0.3 is 10.2 Å². The number of quaternary nitrogens is 1. The van der Waals surface area contributed by atoms with Crippen LogP contribution in [0.2, 0.25) is 0 Å². The van der Waals surface area contributed by atoms with Gasteiger partial charge in [-0.3, -0.25) is 18.9 Å². The van der Waals surface area contributed by atoms with Crippen LogP contribution in [0.25, 0.3) is 21.9 Å². The number of benzene rings is 2. The molecule has 3 N–H and O–H groups in total. The Labute approximate surface area is 166 Å². The molecule has 1 saturated heterocycles. The average Bonchev–Trinajstić information content (AvgIpc) is 3.13. The van der Waals surface area contributed by atoms with Crippen LogP contribution in [0.5, 0.6) is 0 Å². The first-order chi connectivity index (χ1) is 14.1. The van der Waals surface area contributed by atoms with Crippen molar-refractivity contribution in [1.82, 2.24) is 19.1 Å². The summed E-state index contributed by atoms with van der Waals surface area (Å²) in [7, 11) is 1.64. The molecule has 2 aromatic carbocycles. The highest BCUT2D eigenvalue weighted by Crippen LogP contribution is 2.25. The van der Waals surface area contributed by atoms with Crippen molar-refractivity contribution in [3.63, 3.8) is 0 Å². The summed E-state index contributed by atoms with van der Waals surface area (Å²) in [5, 5.41) is 4.58. The highest BCUT2D eigenvalue weighted by atomic mass is 16.2. The Morgan fingerprint density at radius 2 is 1.83 bits per heavy atom. The molecule has 0 saturated carbocycles. The zero-order chi connectivity index (χ0) is 20.0. The Morgan fingerprint density at radius 1 is 1.07 bits per heavy atom. The van der Waals surface area contributed by atoms with E-state index in [-0.39, 0.29) is 0 Å². The van der Waals surface area contributed by atoms with E-state index in [1.165, 1.54) is 4.57 Å². The number of nitrogens with one attached hydrogen (secondary N) is 1. The Hall–Kier alpha value is -3.39. The normalized spacial score (nSPS) is 14.7. The lowest BCUT2D eigenvalue weighted by molar-refractivity contribution is -0.655. The number of aryl methyl sites for hydroxylation is 1. The fraction of sp³-hybridized carbons (Fsp3) is 0.286. The Bertz CT molecular complexity index is 1320. The van der Waals surface area contributed by atoms with E-state index in [1.54, 1.807) is 7.05 Å². The van der Waals surface area contributed by atoms with Crippen molar-refractivity contribution >= 4 is 27.9 Å². The molecule has 0 bridgehead atoms. The van der Waals surface area contributed by atoms with Crippen molar-refractivity contribution in [3.05, 3.63) is 68.9 Å². The van der Waals surface area contributed by atoms with Gasteiger partial charge in [-0.15, -0.1) is 0 Å². The number of aromatic nitrogens is 4. The molecule has 2 aromatic heterocycles. The van der Waals surface area contributed by atoms with Gasteiger partial charge in [0.1, 0.15) is 0 Å². The monoisotopic (exact) mass is 391 g/mol. The number of nitrogens with two attached hydrogens (primary N) is 1. The second-order valence-corrected chi connectivity index (χ2v) is 7.48. The quantitative estimate of drug-likeness (QED) is 0.515. The first-order valence-corrected chi connectivity index (χ1v) is 9.86. The molecule has 0 amide bonds. The van der Waals surface area contributed by atoms with Crippen LogP contribution in [0.4, 0.5) is 5.95 Å². The van der Waals surface area contributed by atoms with Gasteiger partial charge in [0.15, 0.2) is 11.2 Å². The van der Waals surface area contributed by atoms with Gasteiger partial charge in [0.2, 0.25) is 5.95 Å². The minimum atomic E-state index is -0.448. The molecule has 1 fully saturated rings. The van der Waals surface area contributed by atoms with E-state index in [2.05, 4.69) is 39.5 Å². The zero-order valence-electron chi connectivity index (χ0n) is 16.3. The van der Waals surface area contributed by atoms with Crippen LogP contribution in [-0.2, 0) is 13.6 Å². The molecule has 0 radical (unpaired) electrons. The first kappa shape index (κ1) is 17.7. The summed E-state index contributed by atoms with van der Waals surface area (Å²) in [6.45, 7) is 4.17. The van der Waals surface area contributed by atoms with Crippen molar-refractivity contribution in [2.24, 2.45) is 7.05 Å². The van der Waals surface area contributed by atoms with Crippen LogP contribution in [-0.4, -0.2) is 45.3 Å². The van der Waals surface area contributed by atoms with Crippen LogP contribution in [0, 0.1) is 0 Å². The summed E-state index contributed by atoms with van der Waals surface area (Å²) in [6, 6.07) is 14.4. The molecule has 29 heavy (non-hydrogen) atoms. The van der Waals surface area contributed by atoms with E-state index in [4.69, 9.17) is 4.98 Å². The van der Waals surface area contributed by atoms with Gasteiger partial charge in [-0.2, -0.15) is 4.98 Å². The molecule has 1 aliphatic heterocycles. The number of imidazole rings is 1. The van der Waals surface area contributed by atoms with Crippen LogP contribution < -0.4 is 21.5 Å². The van der Waals surface area contributed by atoms with Crippen molar-refractivity contribution in [1.29, 1.82) is 0 Å². The summed E-state index contributed by atoms with van der Waals surface area (Å²) in [5.74, 6) is 0.743. The molecular formula is C21H23N6O2+. The third-order valence-corrected chi connectivity index (χ3v) is 5.68. The summed E-state index contributed by atoms with van der Waals surface area (Å²) in [4.78, 5) is 34.3. The van der Waals surface area contributed by atoms with Crippen molar-refractivity contribution < 1.29 is 5.32 Å². The number of rotatable bonds is 3. The lowest BCUT2D eigenvalue weighted by atomic mass is 10.0. The van der Waals surface area contributed by atoms with Gasteiger partial charge in [0.25, 0.3) is 5.56 Å². The minimum Gasteiger partial charge on any atom is -0.343 e. The summed E-state index contributed by atoms with van der Waals surface area (Å²) in [6.07, 6.45) is 0. The lowest BCUT2D eigenvalue weighted by Gasteiger charge is -2.27. The number of piperazine rings is 1. The van der Waals surface area contributed by atoms with E-state index in [1.807, 2.05) is 22.8 Å². The third kappa shape index (κ3) is 2.92. The van der Waals surface area contributed by atoms with Crippen molar-refractivity contribution in [2.75, 3.05) is 31.1 Å². The fourth-order valence-corrected chi connectivity index (χ4v) is 4.17. The number of hydrogen-bond donors (Lipinski definition) is 2. The predicted octanol–water partition coefficient (Wildman–Crippen LogP) is 0.00820. The molecule has 0 atom stereocenters. The van der Waals surface area contributed by atoms with Crippen LogP contribution in [0.1, 0.15) is 5.56 Å². The zero-order valence-corrected chi connectivity index (χ0v) is 16.3. The number of nitrogens with zero attached hydrogens (tertiary/aromatic N) is 4. The lowest BCUT2D eigenvalue weighted by Crippen LogP contribution is -2.89. The van der Waals surface area contributed by atoms with Crippen LogP contribution in [0.3, 0.4) is 0 Å². The van der Waals surface area contributed by atoms with Gasteiger partial charge in [0, 0.05) is 7.05 Å². The van der Waals surface area contributed by atoms with Gasteiger partial charge >= 0.3 is 5.69 Å². The SMILES string of the molecule is Cn1c(=O)[nH]c(=O)c2c1nc(N1CC[NH2+]CC1)n2Cc1cccc2ccccc12. The molecule has 0 spiro atoms. The van der Waals surface area contributed by atoms with Crippen molar-refractivity contribution in [3.8, 4) is 0 Å². The van der Waals surface area contributed by atoms with Crippen LogP contribution in [0.15, 0.2) is 52.1 Å². The molecule has 8 nitrogen and oxygen atoms in total. The Balaban J connectivity index is 1.75. The largest absolute Gasteiger partial charge is 0.343 e. The van der Waals surface area contributed by atoms with E-state index >= 15 is 0 Å². The molecule has 4 aromatic rings. The molecule has 8 heteroatoms. The molecule has 148 valence electrons. The highest BCUT2D eigenvalue weighted by Gasteiger charge is 2.24. The number of aromatic amines is 1. The van der Waals surface area contributed by atoms with Gasteiger partial charge in [-0.05, 0) is 16.3 Å². The van der Waals surface area contributed by atoms with E-state index in [9.17, 15) is 9.59 Å². The number of anilines is 1. The highest BCUT2D eigenvalue weighted by molar-refractivity contribution is 5.86. The molecular weight excluding hydrogens is 368 g/mol. The summed E-state index contributed by atoms with van der Waals surface area (Å²) < 4.78 is 3.37. The van der Waals surface area contributed by atoms with Crippen molar-refractivity contribution in [2.45, 2.75) is 6.54 Å². The second-order valence-electron chi connectivity index (χ2n) is 7.48. The molecule has 0 unspecified atom stereocenters. The number of fused-ring (bicyclic) bond motifs is 2. The van der Waals surface area contributed by atoms with Crippen LogP contribution >= 0.6 is 0 Å². The maximum atomic E-state index is 12.8. The topological polar surface area (TPSA) is 92.5 Å². The van der Waals surface area contributed by atoms with E-state index in [0.717, 1.165) is 48.5 Å². The first-order valence-electron chi connectivity index (χ1n) is 9.86. The average molecular weight is 391 g/mol. The Kier molecular flexibility index (Phi) is 4.21. The third-order valence-electron chi connectivity index (χ3n) is 5.68. The smallest absolute Gasteiger partial charge is 0.329 e. The standard InChI is InChI=1S/C21H22N6O2/c1-25-18-17(19(28)24-21(25)29)27(20(23-18)26-11-9-22-10-12-26)13-15-7-4-6-14-5-2-3-8-16(14)15/h2-8,22H,9-13H2,1H3,(H,24,28,29)/p+1. The van der Waals surface area contributed by atoms with Gasteiger partial charge in [0.05, 0.1) is 32.7 Å². The summed E-state index contributed by atoms with van der Waals surface area (Å²) in [5.41, 5.74) is 1.12. The molecule has 3 heterocycles. The molecule has 5 rings (SSSR count).